The van der Waals surface area contributed by atoms with Crippen LogP contribution in [0, 0.1) is 0 Å². The Morgan fingerprint density at radius 3 is 3.06 bits per heavy atom. The summed E-state index contributed by atoms with van der Waals surface area (Å²) in [4.78, 5) is 11.9. The molecule has 1 aliphatic carbocycles. The van der Waals surface area contributed by atoms with Crippen LogP contribution in [-0.2, 0) is 13.9 Å². The fourth-order valence-electron chi connectivity index (χ4n) is 1.73. The second-order valence-corrected chi connectivity index (χ2v) is 5.34. The van der Waals surface area contributed by atoms with Gasteiger partial charge in [-0.1, -0.05) is 25.2 Å². The van der Waals surface area contributed by atoms with Crippen molar-refractivity contribution >= 4 is 13.8 Å². The summed E-state index contributed by atoms with van der Waals surface area (Å²) in [5, 5.41) is 3.28. The molecule has 5 heteroatoms. The summed E-state index contributed by atoms with van der Waals surface area (Å²) in [5.41, 5.74) is 0.804. The van der Waals surface area contributed by atoms with Crippen LogP contribution in [0.3, 0.4) is 0 Å². The highest BCUT2D eigenvalue weighted by atomic mass is 31.1. The third kappa shape index (κ3) is 4.90. The first-order chi connectivity index (χ1) is 8.17. The van der Waals surface area contributed by atoms with E-state index < -0.39 is 8.03 Å². The van der Waals surface area contributed by atoms with Gasteiger partial charge in [0.2, 0.25) is 0 Å². The number of carbonyl (C=O) groups is 1. The van der Waals surface area contributed by atoms with Crippen molar-refractivity contribution < 1.29 is 13.9 Å². The second kappa shape index (κ2) is 7.49. The summed E-state index contributed by atoms with van der Waals surface area (Å²) in [6.07, 6.45) is 7.11. The van der Waals surface area contributed by atoms with Crippen LogP contribution >= 0.6 is 8.03 Å². The molecular weight excluding hydrogens is 237 g/mol. The molecule has 1 rings (SSSR count). The summed E-state index contributed by atoms with van der Waals surface area (Å²) in [5.74, 6) is 0.0673. The average Bonchev–Trinajstić information content (AvgIpc) is 2.36. The predicted octanol–water partition coefficient (Wildman–Crippen LogP) is 2.20. The topological polar surface area (TPSA) is 55.4 Å². The minimum atomic E-state index is -1.68. The fourth-order valence-corrected chi connectivity index (χ4v) is 2.30. The quantitative estimate of drug-likeness (QED) is 0.709. The Hall–Kier alpha value is -0.830. The molecular formula is C12H19NO3P+. The van der Waals surface area contributed by atoms with Crippen LogP contribution in [-0.4, -0.2) is 31.6 Å². The van der Waals surface area contributed by atoms with Gasteiger partial charge >= 0.3 is 8.03 Å². The van der Waals surface area contributed by atoms with Crippen molar-refractivity contribution in [2.24, 2.45) is 0 Å². The molecule has 17 heavy (non-hydrogen) atoms. The van der Waals surface area contributed by atoms with Crippen molar-refractivity contribution in [3.63, 3.8) is 0 Å². The van der Waals surface area contributed by atoms with E-state index >= 15 is 0 Å². The van der Waals surface area contributed by atoms with Gasteiger partial charge in [-0.25, -0.2) is 0 Å². The summed E-state index contributed by atoms with van der Waals surface area (Å²) in [7, 11) is -0.286. The van der Waals surface area contributed by atoms with Gasteiger partial charge < -0.3 is 5.32 Å². The molecule has 1 N–H and O–H groups in total. The number of ketones is 1. The Morgan fingerprint density at radius 2 is 2.41 bits per heavy atom. The zero-order chi connectivity index (χ0) is 12.7. The van der Waals surface area contributed by atoms with E-state index in [-0.39, 0.29) is 11.8 Å². The van der Waals surface area contributed by atoms with Crippen molar-refractivity contribution in [1.29, 1.82) is 0 Å². The Bertz CT molecular complexity index is 350. The first kappa shape index (κ1) is 14.2. The van der Waals surface area contributed by atoms with Gasteiger partial charge in [-0.15, -0.1) is 4.52 Å². The molecule has 0 aliphatic heterocycles. The summed E-state index contributed by atoms with van der Waals surface area (Å²) < 4.78 is 15.8. The van der Waals surface area contributed by atoms with Crippen LogP contribution in [0.15, 0.2) is 23.8 Å². The van der Waals surface area contributed by atoms with Gasteiger partial charge in [-0.05, 0) is 23.1 Å². The third-order valence-electron chi connectivity index (χ3n) is 2.63. The molecule has 0 aromatic heterocycles. The minimum absolute atomic E-state index is 0.0673. The maximum absolute atomic E-state index is 11.9. The Kier molecular flexibility index (Phi) is 6.27. The highest BCUT2D eigenvalue weighted by molar-refractivity contribution is 7.39. The van der Waals surface area contributed by atoms with Crippen molar-refractivity contribution in [3.05, 3.63) is 23.8 Å². The number of Topliss-reactive ketones (excluding diaryl/α,β-unsaturated/α-hetero) is 1. The van der Waals surface area contributed by atoms with Gasteiger partial charge in [0.15, 0.2) is 11.9 Å². The van der Waals surface area contributed by atoms with Gasteiger partial charge in [0, 0.05) is 6.04 Å². The smallest absolute Gasteiger partial charge is 0.310 e. The highest BCUT2D eigenvalue weighted by Crippen LogP contribution is 2.23. The zero-order valence-electron chi connectivity index (χ0n) is 10.3. The van der Waals surface area contributed by atoms with E-state index in [1.165, 1.54) is 7.11 Å². The molecule has 94 valence electrons. The summed E-state index contributed by atoms with van der Waals surface area (Å²) in [6.45, 7) is 2.92. The lowest BCUT2D eigenvalue weighted by atomic mass is 9.96. The molecule has 0 heterocycles. The lowest BCUT2D eigenvalue weighted by Crippen LogP contribution is -2.29. The standard InChI is InChI=1S/C12H19NO3P/c1-3-13-11-6-4-5-10(9-11)12(14)7-8-17(15)16-2/h4-6,11,13H,3,7-9H2,1-2H3/q+1/t11-/m1/s1. The molecule has 0 spiro atoms. The number of nitrogens with one attached hydrogen (secondary N) is 1. The molecule has 0 radical (unpaired) electrons. The van der Waals surface area contributed by atoms with Crippen LogP contribution in [0.5, 0.6) is 0 Å². The normalized spacial score (nSPS) is 20.0. The monoisotopic (exact) mass is 256 g/mol. The van der Waals surface area contributed by atoms with Crippen molar-refractivity contribution in [2.75, 3.05) is 19.8 Å². The van der Waals surface area contributed by atoms with Gasteiger partial charge in [-0.2, -0.15) is 0 Å². The van der Waals surface area contributed by atoms with Crippen LogP contribution in [0.2, 0.25) is 0 Å². The van der Waals surface area contributed by atoms with Crippen molar-refractivity contribution in [2.45, 2.75) is 25.8 Å². The average molecular weight is 256 g/mol. The number of hydrogen-bond acceptors (Lipinski definition) is 4. The first-order valence-corrected chi connectivity index (χ1v) is 7.16. The molecule has 2 atom stereocenters. The molecule has 4 nitrogen and oxygen atoms in total. The fraction of sp³-hybridized carbons (Fsp3) is 0.583. The van der Waals surface area contributed by atoms with Gasteiger partial charge in [0.1, 0.15) is 0 Å². The van der Waals surface area contributed by atoms with E-state index in [0.717, 1.165) is 12.1 Å². The van der Waals surface area contributed by atoms with Crippen LogP contribution in [0.4, 0.5) is 0 Å². The predicted molar refractivity (Wildman–Crippen MR) is 68.4 cm³/mol. The number of likely N-dealkylation sites (N-methyl/N-ethyl adjacent to an activating group) is 1. The van der Waals surface area contributed by atoms with E-state index in [1.807, 2.05) is 19.1 Å². The number of hydrogen-bond donors (Lipinski definition) is 1. The van der Waals surface area contributed by atoms with Crippen molar-refractivity contribution in [1.82, 2.24) is 5.32 Å². The number of carbonyl (C=O) groups excluding carboxylic acids is 1. The molecule has 0 bridgehead atoms. The van der Waals surface area contributed by atoms with Crippen molar-refractivity contribution in [3.8, 4) is 0 Å². The molecule has 0 saturated carbocycles. The van der Waals surface area contributed by atoms with E-state index in [1.54, 1.807) is 0 Å². The molecule has 0 saturated heterocycles. The SMILES string of the molecule is CCN[C@@H]1C=CC=C(C(=O)CC[P+](=O)OC)C1. The Labute approximate surface area is 103 Å². The largest absolute Gasteiger partial charge is 0.508 e. The first-order valence-electron chi connectivity index (χ1n) is 5.80. The highest BCUT2D eigenvalue weighted by Gasteiger charge is 2.21. The van der Waals surface area contributed by atoms with Crippen LogP contribution < -0.4 is 5.32 Å². The molecule has 0 fully saturated rings. The van der Waals surface area contributed by atoms with Gasteiger partial charge in [-0.3, -0.25) is 4.79 Å². The molecule has 0 aromatic rings. The maximum atomic E-state index is 11.9. The third-order valence-corrected chi connectivity index (χ3v) is 3.63. The lowest BCUT2D eigenvalue weighted by molar-refractivity contribution is -0.115. The summed E-state index contributed by atoms with van der Waals surface area (Å²) >= 11 is 0. The zero-order valence-corrected chi connectivity index (χ0v) is 11.2. The van der Waals surface area contributed by atoms with E-state index in [4.69, 9.17) is 0 Å². The van der Waals surface area contributed by atoms with Gasteiger partial charge in [0.25, 0.3) is 0 Å². The number of rotatable bonds is 7. The van der Waals surface area contributed by atoms with E-state index in [2.05, 4.69) is 15.9 Å². The molecule has 1 aliphatic rings. The number of allylic oxidation sites excluding steroid dienone is 2. The Balaban J connectivity index is 2.44. The minimum Gasteiger partial charge on any atom is -0.310 e. The second-order valence-electron chi connectivity index (χ2n) is 3.86. The van der Waals surface area contributed by atoms with E-state index in [9.17, 15) is 9.36 Å². The maximum Gasteiger partial charge on any atom is 0.508 e. The van der Waals surface area contributed by atoms with Crippen LogP contribution in [0.25, 0.3) is 0 Å². The Morgan fingerprint density at radius 1 is 1.65 bits per heavy atom. The van der Waals surface area contributed by atoms with Crippen LogP contribution in [0.1, 0.15) is 19.8 Å². The van der Waals surface area contributed by atoms with Gasteiger partial charge in [0.05, 0.1) is 13.5 Å². The van der Waals surface area contributed by atoms with E-state index in [0.29, 0.717) is 19.0 Å². The lowest BCUT2D eigenvalue weighted by Gasteiger charge is -2.17. The molecule has 0 aromatic carbocycles. The molecule has 0 amide bonds. The molecule has 1 unspecified atom stereocenters. The summed E-state index contributed by atoms with van der Waals surface area (Å²) in [6, 6.07) is 0.236.